The molecule has 21 heavy (non-hydrogen) atoms. The molecule has 1 N–H and O–H groups in total. The third-order valence-corrected chi connectivity index (χ3v) is 4.46. The number of likely N-dealkylation sites (tertiary alicyclic amines) is 1. The summed E-state index contributed by atoms with van der Waals surface area (Å²) in [6, 6.07) is 5.41. The summed E-state index contributed by atoms with van der Waals surface area (Å²) in [5, 5.41) is 9.23. The number of rotatable bonds is 1. The number of carboxylic acids is 1. The summed E-state index contributed by atoms with van der Waals surface area (Å²) in [5.74, 6) is -0.315. The van der Waals surface area contributed by atoms with E-state index in [9.17, 15) is 14.7 Å². The number of carboxylic acid groups (broad SMARTS) is 1. The van der Waals surface area contributed by atoms with Crippen molar-refractivity contribution in [3.05, 3.63) is 34.9 Å². The maximum Gasteiger partial charge on any atom is 0.335 e. The molecule has 1 atom stereocenters. The maximum absolute atomic E-state index is 12.5. The fraction of sp³-hybridized carbons (Fsp3) is 0.500. The van der Waals surface area contributed by atoms with Crippen molar-refractivity contribution in [3.8, 4) is 0 Å². The first kappa shape index (κ1) is 13.9. The Morgan fingerprint density at radius 1 is 1.24 bits per heavy atom. The predicted molar refractivity (Wildman–Crippen MR) is 78.3 cm³/mol. The second-order valence-electron chi connectivity index (χ2n) is 6.04. The average molecular weight is 288 g/mol. The highest BCUT2D eigenvalue weighted by atomic mass is 16.4. The summed E-state index contributed by atoms with van der Waals surface area (Å²) in [4.78, 5) is 27.5. The molecule has 0 spiro atoms. The van der Waals surface area contributed by atoms with Gasteiger partial charge in [0.05, 0.1) is 5.56 Å². The first-order chi connectivity index (χ1) is 10.1. The van der Waals surface area contributed by atoms with E-state index in [4.69, 9.17) is 0 Å². The molecule has 5 heteroatoms. The van der Waals surface area contributed by atoms with Crippen molar-refractivity contribution in [2.45, 2.75) is 26.3 Å². The number of fused-ring (bicyclic) bond motifs is 1. The van der Waals surface area contributed by atoms with Gasteiger partial charge in [-0.1, -0.05) is 19.1 Å². The van der Waals surface area contributed by atoms with Crippen molar-refractivity contribution in [1.29, 1.82) is 0 Å². The van der Waals surface area contributed by atoms with Gasteiger partial charge in [0, 0.05) is 26.2 Å². The molecule has 2 aliphatic rings. The van der Waals surface area contributed by atoms with Crippen LogP contribution >= 0.6 is 0 Å². The normalized spacial score (nSPS) is 21.3. The topological polar surface area (TPSA) is 60.9 Å². The molecule has 1 saturated heterocycles. The van der Waals surface area contributed by atoms with Crippen LogP contribution in [0, 0.1) is 5.92 Å². The minimum Gasteiger partial charge on any atom is -0.478 e. The second kappa shape index (κ2) is 5.39. The lowest BCUT2D eigenvalue weighted by molar-refractivity contribution is 0.0695. The van der Waals surface area contributed by atoms with E-state index in [1.165, 1.54) is 0 Å². The molecular weight excluding hydrogens is 268 g/mol. The van der Waals surface area contributed by atoms with Gasteiger partial charge in [0.25, 0.3) is 0 Å². The van der Waals surface area contributed by atoms with Crippen LogP contribution in [-0.4, -0.2) is 46.5 Å². The molecule has 112 valence electrons. The summed E-state index contributed by atoms with van der Waals surface area (Å²) in [6.07, 6.45) is 1.69. The van der Waals surface area contributed by atoms with Crippen LogP contribution in [0.5, 0.6) is 0 Å². The van der Waals surface area contributed by atoms with Gasteiger partial charge in [-0.2, -0.15) is 0 Å². The molecule has 3 rings (SSSR count). The van der Waals surface area contributed by atoms with Crippen LogP contribution in [0.1, 0.15) is 34.8 Å². The molecule has 1 aromatic carbocycles. The molecule has 0 aliphatic carbocycles. The van der Waals surface area contributed by atoms with Crippen LogP contribution in [0.4, 0.5) is 4.79 Å². The molecule has 1 unspecified atom stereocenters. The van der Waals surface area contributed by atoms with Crippen molar-refractivity contribution in [2.75, 3.05) is 19.6 Å². The Hall–Kier alpha value is -2.04. The van der Waals surface area contributed by atoms with E-state index in [1.807, 2.05) is 15.9 Å². The van der Waals surface area contributed by atoms with E-state index in [2.05, 4.69) is 6.92 Å². The Morgan fingerprint density at radius 3 is 2.71 bits per heavy atom. The largest absolute Gasteiger partial charge is 0.478 e. The zero-order valence-electron chi connectivity index (χ0n) is 12.2. The number of amides is 2. The lowest BCUT2D eigenvalue weighted by Crippen LogP contribution is -2.44. The van der Waals surface area contributed by atoms with Crippen LogP contribution < -0.4 is 0 Å². The van der Waals surface area contributed by atoms with E-state index in [0.717, 1.165) is 30.6 Å². The molecule has 1 fully saturated rings. The lowest BCUT2D eigenvalue weighted by Gasteiger charge is -2.32. The van der Waals surface area contributed by atoms with Crippen LogP contribution in [0.15, 0.2) is 18.2 Å². The van der Waals surface area contributed by atoms with E-state index >= 15 is 0 Å². The van der Waals surface area contributed by atoms with E-state index in [1.54, 1.807) is 12.1 Å². The number of carbonyl (C=O) groups excluding carboxylic acids is 1. The highest BCUT2D eigenvalue weighted by Gasteiger charge is 2.30. The zero-order chi connectivity index (χ0) is 15.0. The Kier molecular flexibility index (Phi) is 3.57. The highest BCUT2D eigenvalue weighted by molar-refractivity contribution is 5.90. The smallest absolute Gasteiger partial charge is 0.335 e. The maximum atomic E-state index is 12.5. The summed E-state index contributed by atoms with van der Waals surface area (Å²) in [5.41, 5.74) is 2.21. The monoisotopic (exact) mass is 288 g/mol. The van der Waals surface area contributed by atoms with E-state index in [0.29, 0.717) is 31.0 Å². The van der Waals surface area contributed by atoms with E-state index < -0.39 is 5.97 Å². The minimum atomic E-state index is -0.889. The van der Waals surface area contributed by atoms with E-state index in [-0.39, 0.29) is 6.03 Å². The fourth-order valence-electron chi connectivity index (χ4n) is 3.28. The number of urea groups is 1. The summed E-state index contributed by atoms with van der Waals surface area (Å²) in [7, 11) is 0. The minimum absolute atomic E-state index is 0.0886. The van der Waals surface area contributed by atoms with Crippen molar-refractivity contribution in [1.82, 2.24) is 9.80 Å². The van der Waals surface area contributed by atoms with Gasteiger partial charge in [0.2, 0.25) is 0 Å². The lowest BCUT2D eigenvalue weighted by atomic mass is 9.94. The van der Waals surface area contributed by atoms with Crippen LogP contribution in [-0.2, 0) is 13.0 Å². The number of aromatic carboxylic acids is 1. The van der Waals surface area contributed by atoms with Gasteiger partial charge in [0.15, 0.2) is 0 Å². The summed E-state index contributed by atoms with van der Waals surface area (Å²) in [6.45, 7) is 4.94. The summed E-state index contributed by atoms with van der Waals surface area (Å²) < 4.78 is 0. The Morgan fingerprint density at radius 2 is 2.05 bits per heavy atom. The predicted octanol–water partition coefficient (Wildman–Crippen LogP) is 2.20. The molecule has 0 bridgehead atoms. The van der Waals surface area contributed by atoms with Crippen LogP contribution in [0.2, 0.25) is 0 Å². The van der Waals surface area contributed by atoms with Crippen molar-refractivity contribution >= 4 is 12.0 Å². The van der Waals surface area contributed by atoms with Gasteiger partial charge in [-0.3, -0.25) is 0 Å². The Labute approximate surface area is 124 Å². The van der Waals surface area contributed by atoms with Crippen molar-refractivity contribution in [3.63, 3.8) is 0 Å². The Bertz CT molecular complexity index is 585. The number of carbonyl (C=O) groups is 2. The average Bonchev–Trinajstić information content (AvgIpc) is 2.91. The molecule has 2 heterocycles. The third-order valence-electron chi connectivity index (χ3n) is 4.46. The number of hydrogen-bond donors (Lipinski definition) is 1. The highest BCUT2D eigenvalue weighted by Crippen LogP contribution is 2.25. The quantitative estimate of drug-likeness (QED) is 0.862. The van der Waals surface area contributed by atoms with Gasteiger partial charge < -0.3 is 14.9 Å². The van der Waals surface area contributed by atoms with Crippen LogP contribution in [0.25, 0.3) is 0 Å². The van der Waals surface area contributed by atoms with Gasteiger partial charge in [-0.15, -0.1) is 0 Å². The standard InChI is InChI=1S/C16H20N2O3/c1-11-5-7-17(9-11)16(21)18-8-6-13-12(10-18)3-2-4-14(13)15(19)20/h2-4,11H,5-10H2,1H3,(H,19,20). The van der Waals surface area contributed by atoms with Gasteiger partial charge in [-0.05, 0) is 36.0 Å². The van der Waals surface area contributed by atoms with Crippen LogP contribution in [0.3, 0.4) is 0 Å². The number of benzene rings is 1. The molecule has 0 aromatic heterocycles. The Balaban J connectivity index is 1.77. The van der Waals surface area contributed by atoms with Crippen molar-refractivity contribution in [2.24, 2.45) is 5.92 Å². The van der Waals surface area contributed by atoms with Gasteiger partial charge in [0.1, 0.15) is 0 Å². The van der Waals surface area contributed by atoms with Gasteiger partial charge >= 0.3 is 12.0 Å². The molecule has 0 radical (unpaired) electrons. The molecule has 5 nitrogen and oxygen atoms in total. The van der Waals surface area contributed by atoms with Crippen molar-refractivity contribution < 1.29 is 14.7 Å². The molecule has 2 amide bonds. The SMILES string of the molecule is CC1CCN(C(=O)N2CCc3c(cccc3C(=O)O)C2)C1. The number of nitrogens with zero attached hydrogens (tertiary/aromatic N) is 2. The fourth-order valence-corrected chi connectivity index (χ4v) is 3.28. The molecule has 2 aliphatic heterocycles. The second-order valence-corrected chi connectivity index (χ2v) is 6.04. The first-order valence-electron chi connectivity index (χ1n) is 7.44. The van der Waals surface area contributed by atoms with Gasteiger partial charge in [-0.25, -0.2) is 9.59 Å². The zero-order valence-corrected chi connectivity index (χ0v) is 12.2. The molecular formula is C16H20N2O3. The molecule has 0 saturated carbocycles. The first-order valence-corrected chi connectivity index (χ1v) is 7.44. The number of hydrogen-bond acceptors (Lipinski definition) is 2. The third kappa shape index (κ3) is 2.60. The molecule has 1 aromatic rings. The summed E-state index contributed by atoms with van der Waals surface area (Å²) >= 11 is 0.